The Kier molecular flexibility index (Phi) is 4.95. The first-order valence-electron chi connectivity index (χ1n) is 5.41. The summed E-state index contributed by atoms with van der Waals surface area (Å²) >= 11 is 7.05. The average Bonchev–Trinajstić information content (AvgIpc) is 2.74. The largest absolute Gasteiger partial charge is 0.252 e. The molecule has 0 spiro atoms. The quantitative estimate of drug-likeness (QED) is 0.821. The molecule has 0 radical (unpaired) electrons. The van der Waals surface area contributed by atoms with Crippen molar-refractivity contribution in [3.63, 3.8) is 0 Å². The van der Waals surface area contributed by atoms with E-state index in [-0.39, 0.29) is 10.1 Å². The summed E-state index contributed by atoms with van der Waals surface area (Å²) in [5, 5.41) is 0.731. The zero-order valence-corrected chi connectivity index (χ0v) is 12.5. The van der Waals surface area contributed by atoms with E-state index in [1.54, 1.807) is 6.92 Å². The van der Waals surface area contributed by atoms with Crippen molar-refractivity contribution in [3.05, 3.63) is 11.2 Å². The molecule has 1 heterocycles. The van der Waals surface area contributed by atoms with Crippen LogP contribution in [0.5, 0.6) is 0 Å². The number of nitrogens with zero attached hydrogens (tertiary/aromatic N) is 1. The Morgan fingerprint density at radius 2 is 2.06 bits per heavy atom. The van der Waals surface area contributed by atoms with E-state index < -0.39 is 15.6 Å². The van der Waals surface area contributed by atoms with Crippen LogP contribution in [0.1, 0.15) is 31.7 Å². The zero-order chi connectivity index (χ0) is 13.1. The van der Waals surface area contributed by atoms with Crippen molar-refractivity contribution < 1.29 is 8.42 Å². The predicted molar refractivity (Wildman–Crippen MR) is 71.2 cm³/mol. The molecule has 0 unspecified atom stereocenters. The van der Waals surface area contributed by atoms with Crippen LogP contribution in [0.2, 0.25) is 0 Å². The highest BCUT2D eigenvalue weighted by atomic mass is 35.5. The number of rotatable bonds is 6. The Labute approximate surface area is 111 Å². The minimum atomic E-state index is -3.51. The maximum absolute atomic E-state index is 12.1. The van der Waals surface area contributed by atoms with Crippen LogP contribution in [0.15, 0.2) is 10.4 Å². The van der Waals surface area contributed by atoms with Crippen molar-refractivity contribution in [2.45, 2.75) is 43.4 Å². The second-order valence-corrected chi connectivity index (χ2v) is 7.34. The number of halogens is 1. The van der Waals surface area contributed by atoms with Crippen LogP contribution >= 0.6 is 22.9 Å². The Morgan fingerprint density at radius 1 is 1.47 bits per heavy atom. The molecule has 0 saturated carbocycles. The Morgan fingerprint density at radius 3 is 2.41 bits per heavy atom. The highest BCUT2D eigenvalue weighted by molar-refractivity contribution is 7.91. The number of aromatic nitrogens is 1. The molecular weight excluding hydrogens is 280 g/mol. The second-order valence-electron chi connectivity index (χ2n) is 3.92. The van der Waals surface area contributed by atoms with Crippen LogP contribution in [0.4, 0.5) is 0 Å². The standard InChI is InChI=1S/C10H17ClN2O2S2/c1-4-10(5-2,7-11)13-17(14,15)9-6-12-8(3)16-9/h6,13H,4-5,7H2,1-3H3. The predicted octanol–water partition coefficient (Wildman–Crippen LogP) is 2.53. The van der Waals surface area contributed by atoms with E-state index in [0.29, 0.717) is 12.8 Å². The fourth-order valence-electron chi connectivity index (χ4n) is 1.41. The lowest BCUT2D eigenvalue weighted by atomic mass is 9.97. The van der Waals surface area contributed by atoms with Crippen molar-refractivity contribution >= 4 is 33.0 Å². The number of thiazole rings is 1. The lowest BCUT2D eigenvalue weighted by Crippen LogP contribution is -2.48. The second kappa shape index (κ2) is 5.65. The highest BCUT2D eigenvalue weighted by Crippen LogP contribution is 2.23. The summed E-state index contributed by atoms with van der Waals surface area (Å²) in [5.41, 5.74) is -0.571. The molecule has 0 atom stereocenters. The molecule has 1 aromatic rings. The fraction of sp³-hybridized carbons (Fsp3) is 0.700. The van der Waals surface area contributed by atoms with Gasteiger partial charge < -0.3 is 0 Å². The van der Waals surface area contributed by atoms with Gasteiger partial charge in [0.2, 0.25) is 0 Å². The van der Waals surface area contributed by atoms with Gasteiger partial charge in [-0.3, -0.25) is 0 Å². The third-order valence-corrected chi connectivity index (χ3v) is 6.29. The summed E-state index contributed by atoms with van der Waals surface area (Å²) in [6.45, 7) is 5.62. The van der Waals surface area contributed by atoms with Gasteiger partial charge in [-0.25, -0.2) is 18.1 Å². The lowest BCUT2D eigenvalue weighted by molar-refractivity contribution is 0.394. The normalized spacial score (nSPS) is 12.9. The van der Waals surface area contributed by atoms with Gasteiger partial charge in [-0.1, -0.05) is 13.8 Å². The van der Waals surface area contributed by atoms with E-state index in [1.165, 1.54) is 6.20 Å². The number of nitrogens with one attached hydrogen (secondary N) is 1. The molecule has 0 fully saturated rings. The van der Waals surface area contributed by atoms with E-state index in [1.807, 2.05) is 13.8 Å². The van der Waals surface area contributed by atoms with Crippen molar-refractivity contribution in [1.82, 2.24) is 9.71 Å². The molecular formula is C10H17ClN2O2S2. The molecule has 1 N–H and O–H groups in total. The van der Waals surface area contributed by atoms with Gasteiger partial charge in [0.1, 0.15) is 0 Å². The monoisotopic (exact) mass is 296 g/mol. The number of hydrogen-bond donors (Lipinski definition) is 1. The van der Waals surface area contributed by atoms with Crippen molar-refractivity contribution in [1.29, 1.82) is 0 Å². The van der Waals surface area contributed by atoms with E-state index in [2.05, 4.69) is 9.71 Å². The molecule has 17 heavy (non-hydrogen) atoms. The number of sulfonamides is 1. The van der Waals surface area contributed by atoms with Crippen LogP contribution in [0.25, 0.3) is 0 Å². The molecule has 0 bridgehead atoms. The van der Waals surface area contributed by atoms with Gasteiger partial charge in [-0.15, -0.1) is 22.9 Å². The van der Waals surface area contributed by atoms with Crippen LogP contribution in [0.3, 0.4) is 0 Å². The van der Waals surface area contributed by atoms with Gasteiger partial charge in [0.15, 0.2) is 4.21 Å². The maximum atomic E-state index is 12.1. The summed E-state index contributed by atoms with van der Waals surface area (Å²) in [6.07, 6.45) is 2.70. The van der Waals surface area contributed by atoms with Gasteiger partial charge in [0.25, 0.3) is 10.0 Å². The van der Waals surface area contributed by atoms with E-state index in [9.17, 15) is 8.42 Å². The SMILES string of the molecule is CCC(CC)(CCl)NS(=O)(=O)c1cnc(C)s1. The van der Waals surface area contributed by atoms with Crippen LogP contribution in [0, 0.1) is 6.92 Å². The molecule has 4 nitrogen and oxygen atoms in total. The molecule has 0 amide bonds. The number of aryl methyl sites for hydroxylation is 1. The van der Waals surface area contributed by atoms with Crippen LogP contribution in [-0.2, 0) is 10.0 Å². The molecule has 0 saturated heterocycles. The van der Waals surface area contributed by atoms with E-state index in [4.69, 9.17) is 11.6 Å². The van der Waals surface area contributed by atoms with Crippen LogP contribution in [-0.4, -0.2) is 24.8 Å². The van der Waals surface area contributed by atoms with E-state index >= 15 is 0 Å². The third-order valence-electron chi connectivity index (χ3n) is 2.83. The molecule has 0 aromatic carbocycles. The molecule has 7 heteroatoms. The third kappa shape index (κ3) is 3.40. The first kappa shape index (κ1) is 14.9. The lowest BCUT2D eigenvalue weighted by Gasteiger charge is -2.29. The van der Waals surface area contributed by atoms with Crippen molar-refractivity contribution in [2.75, 3.05) is 5.88 Å². The minimum absolute atomic E-state index is 0.242. The Balaban J connectivity index is 3.00. The maximum Gasteiger partial charge on any atom is 0.252 e. The van der Waals surface area contributed by atoms with Gasteiger partial charge in [-0.2, -0.15) is 0 Å². The molecule has 0 aliphatic heterocycles. The first-order chi connectivity index (χ1) is 7.89. The summed E-state index contributed by atoms with van der Waals surface area (Å²) in [6, 6.07) is 0. The van der Waals surface area contributed by atoms with Crippen molar-refractivity contribution in [3.8, 4) is 0 Å². The van der Waals surface area contributed by atoms with Crippen LogP contribution < -0.4 is 4.72 Å². The van der Waals surface area contributed by atoms with Gasteiger partial charge in [0, 0.05) is 11.4 Å². The van der Waals surface area contributed by atoms with Crippen molar-refractivity contribution in [2.24, 2.45) is 0 Å². The van der Waals surface area contributed by atoms with Gasteiger partial charge >= 0.3 is 0 Å². The van der Waals surface area contributed by atoms with Gasteiger partial charge in [0.05, 0.1) is 11.2 Å². The highest BCUT2D eigenvalue weighted by Gasteiger charge is 2.32. The Bertz CT molecular complexity index is 458. The number of hydrogen-bond acceptors (Lipinski definition) is 4. The molecule has 1 aromatic heterocycles. The fourth-order valence-corrected chi connectivity index (χ4v) is 4.59. The molecule has 1 rings (SSSR count). The molecule has 0 aliphatic carbocycles. The molecule has 98 valence electrons. The summed E-state index contributed by atoms with van der Waals surface area (Å²) in [5.74, 6) is 0.261. The zero-order valence-electron chi connectivity index (χ0n) is 10.2. The molecule has 0 aliphatic rings. The van der Waals surface area contributed by atoms with Gasteiger partial charge in [-0.05, 0) is 19.8 Å². The smallest absolute Gasteiger partial charge is 0.249 e. The Hall–Kier alpha value is -0.170. The number of alkyl halides is 1. The van der Waals surface area contributed by atoms with E-state index in [0.717, 1.165) is 16.3 Å². The topological polar surface area (TPSA) is 59.1 Å². The summed E-state index contributed by atoms with van der Waals surface area (Å²) in [7, 11) is -3.51. The average molecular weight is 297 g/mol. The summed E-state index contributed by atoms with van der Waals surface area (Å²) in [4.78, 5) is 3.96. The summed E-state index contributed by atoms with van der Waals surface area (Å²) < 4.78 is 27.2. The minimum Gasteiger partial charge on any atom is -0.249 e. The first-order valence-corrected chi connectivity index (χ1v) is 8.25.